The Labute approximate surface area is 98.7 Å². The first-order valence-corrected chi connectivity index (χ1v) is 6.54. The van der Waals surface area contributed by atoms with Crippen molar-refractivity contribution in [2.45, 2.75) is 63.8 Å². The zero-order valence-corrected chi connectivity index (χ0v) is 10.4. The van der Waals surface area contributed by atoms with E-state index in [0.29, 0.717) is 6.42 Å². The summed E-state index contributed by atoms with van der Waals surface area (Å²) in [6.07, 6.45) is 10.4. The molecule has 0 aromatic carbocycles. The maximum absolute atomic E-state index is 11.0. The summed E-state index contributed by atoms with van der Waals surface area (Å²) in [7, 11) is 1.43. The molecule has 2 N–H and O–H groups in total. The second-order valence-electron chi connectivity index (χ2n) is 4.97. The first kappa shape index (κ1) is 13.5. The Morgan fingerprint density at radius 3 is 2.50 bits per heavy atom. The van der Waals surface area contributed by atoms with Gasteiger partial charge in [-0.1, -0.05) is 38.5 Å². The molecular formula is C13H25NO2. The van der Waals surface area contributed by atoms with E-state index < -0.39 is 0 Å². The molecule has 94 valence electrons. The Morgan fingerprint density at radius 1 is 1.31 bits per heavy atom. The summed E-state index contributed by atoms with van der Waals surface area (Å²) < 4.78 is 4.62. The Bertz CT molecular complexity index is 198. The number of ether oxygens (including phenoxy) is 1. The average Bonchev–Trinajstić information content (AvgIpc) is 2.54. The van der Waals surface area contributed by atoms with Crippen LogP contribution in [0.5, 0.6) is 0 Å². The van der Waals surface area contributed by atoms with Crippen LogP contribution in [0.25, 0.3) is 0 Å². The molecule has 0 aromatic rings. The highest BCUT2D eigenvalue weighted by Crippen LogP contribution is 2.26. The number of methoxy groups -OCH3 is 1. The van der Waals surface area contributed by atoms with Crippen molar-refractivity contribution in [1.82, 2.24) is 0 Å². The van der Waals surface area contributed by atoms with Crippen molar-refractivity contribution in [3.63, 3.8) is 0 Å². The van der Waals surface area contributed by atoms with E-state index >= 15 is 0 Å². The second-order valence-corrected chi connectivity index (χ2v) is 4.97. The Hall–Kier alpha value is -0.570. The van der Waals surface area contributed by atoms with Crippen molar-refractivity contribution in [3.05, 3.63) is 0 Å². The van der Waals surface area contributed by atoms with Crippen LogP contribution in [0.2, 0.25) is 0 Å². The highest BCUT2D eigenvalue weighted by molar-refractivity contribution is 5.69. The molecule has 0 aromatic heterocycles. The van der Waals surface area contributed by atoms with Crippen molar-refractivity contribution >= 4 is 5.97 Å². The molecule has 1 rings (SSSR count). The molecule has 0 bridgehead atoms. The summed E-state index contributed by atoms with van der Waals surface area (Å²) in [6, 6.07) is 0.169. The van der Waals surface area contributed by atoms with Gasteiger partial charge in [-0.15, -0.1) is 0 Å². The van der Waals surface area contributed by atoms with Crippen molar-refractivity contribution in [2.75, 3.05) is 7.11 Å². The van der Waals surface area contributed by atoms with E-state index in [0.717, 1.165) is 18.8 Å². The van der Waals surface area contributed by atoms with Crippen molar-refractivity contribution in [3.8, 4) is 0 Å². The van der Waals surface area contributed by atoms with Gasteiger partial charge in [-0.3, -0.25) is 4.79 Å². The lowest BCUT2D eigenvalue weighted by atomic mass is 9.91. The lowest BCUT2D eigenvalue weighted by molar-refractivity contribution is -0.140. The third-order valence-corrected chi connectivity index (χ3v) is 3.56. The maximum Gasteiger partial charge on any atom is 0.305 e. The molecule has 1 aliphatic rings. The summed E-state index contributed by atoms with van der Waals surface area (Å²) in [6.45, 7) is 0. The largest absolute Gasteiger partial charge is 0.469 e. The van der Waals surface area contributed by atoms with E-state index in [1.807, 2.05) is 0 Å². The topological polar surface area (TPSA) is 52.3 Å². The van der Waals surface area contributed by atoms with Gasteiger partial charge in [-0.2, -0.15) is 0 Å². The first-order valence-electron chi connectivity index (χ1n) is 6.54. The summed E-state index contributed by atoms with van der Waals surface area (Å²) in [4.78, 5) is 11.0. The zero-order valence-electron chi connectivity index (χ0n) is 10.4. The Balaban J connectivity index is 2.16. The average molecular weight is 227 g/mol. The van der Waals surface area contributed by atoms with Crippen LogP contribution in [0.3, 0.4) is 0 Å². The molecule has 0 amide bonds. The third kappa shape index (κ3) is 5.50. The van der Waals surface area contributed by atoms with Gasteiger partial charge in [0, 0.05) is 12.5 Å². The minimum Gasteiger partial charge on any atom is -0.469 e. The molecule has 1 saturated carbocycles. The molecule has 1 aliphatic carbocycles. The fourth-order valence-corrected chi connectivity index (χ4v) is 2.55. The number of esters is 1. The molecule has 16 heavy (non-hydrogen) atoms. The molecule has 0 heterocycles. The number of carbonyl (C=O) groups is 1. The van der Waals surface area contributed by atoms with Crippen LogP contribution in [-0.4, -0.2) is 19.1 Å². The summed E-state index contributed by atoms with van der Waals surface area (Å²) >= 11 is 0. The Morgan fingerprint density at radius 2 is 1.94 bits per heavy atom. The van der Waals surface area contributed by atoms with Gasteiger partial charge in [0.15, 0.2) is 0 Å². The molecule has 3 nitrogen and oxygen atoms in total. The van der Waals surface area contributed by atoms with Crippen molar-refractivity contribution in [2.24, 2.45) is 11.7 Å². The molecule has 0 aliphatic heterocycles. The van der Waals surface area contributed by atoms with Crippen LogP contribution in [0, 0.1) is 5.92 Å². The third-order valence-electron chi connectivity index (χ3n) is 3.56. The number of hydrogen-bond acceptors (Lipinski definition) is 3. The number of carbonyl (C=O) groups excluding carboxylic acids is 1. The fourth-order valence-electron chi connectivity index (χ4n) is 2.55. The lowest BCUT2D eigenvalue weighted by Gasteiger charge is -2.18. The smallest absolute Gasteiger partial charge is 0.305 e. The van der Waals surface area contributed by atoms with Crippen LogP contribution in [-0.2, 0) is 9.53 Å². The molecule has 1 unspecified atom stereocenters. The van der Waals surface area contributed by atoms with Gasteiger partial charge in [0.25, 0.3) is 0 Å². The van der Waals surface area contributed by atoms with Crippen LogP contribution < -0.4 is 5.73 Å². The summed E-state index contributed by atoms with van der Waals surface area (Å²) in [5.74, 6) is 0.645. The van der Waals surface area contributed by atoms with Crippen molar-refractivity contribution in [1.29, 1.82) is 0 Å². The summed E-state index contributed by atoms with van der Waals surface area (Å²) in [5, 5.41) is 0. The predicted octanol–water partition coefficient (Wildman–Crippen LogP) is 2.63. The number of nitrogens with two attached hydrogens (primary N) is 1. The Kier molecular flexibility index (Phi) is 6.46. The van der Waals surface area contributed by atoms with E-state index in [-0.39, 0.29) is 12.0 Å². The van der Waals surface area contributed by atoms with Gasteiger partial charge in [-0.25, -0.2) is 0 Å². The lowest BCUT2D eigenvalue weighted by Crippen LogP contribution is -2.24. The maximum atomic E-state index is 11.0. The molecule has 1 atom stereocenters. The van der Waals surface area contributed by atoms with Crippen molar-refractivity contribution < 1.29 is 9.53 Å². The normalized spacial score (nSPS) is 20.1. The van der Waals surface area contributed by atoms with Gasteiger partial charge in [0.2, 0.25) is 0 Å². The number of hydrogen-bond donors (Lipinski definition) is 1. The van der Waals surface area contributed by atoms with E-state index in [1.54, 1.807) is 0 Å². The van der Waals surface area contributed by atoms with Gasteiger partial charge in [-0.05, 0) is 18.8 Å². The second kappa shape index (κ2) is 7.66. The standard InChI is InChI=1S/C13H25NO2/c1-16-13(15)9-8-12(14)10-11-6-4-2-3-5-7-11/h11-12H,2-10,14H2,1H3. The SMILES string of the molecule is COC(=O)CCC(N)CC1CCCCCC1. The quantitative estimate of drug-likeness (QED) is 0.580. The minimum absolute atomic E-state index is 0.142. The summed E-state index contributed by atoms with van der Waals surface area (Å²) in [5.41, 5.74) is 6.05. The van der Waals surface area contributed by atoms with Crippen LogP contribution in [0.15, 0.2) is 0 Å². The molecule has 0 radical (unpaired) electrons. The van der Waals surface area contributed by atoms with E-state index in [2.05, 4.69) is 4.74 Å². The van der Waals surface area contributed by atoms with Gasteiger partial charge in [0.05, 0.1) is 7.11 Å². The minimum atomic E-state index is -0.142. The zero-order chi connectivity index (χ0) is 11.8. The van der Waals surface area contributed by atoms with Gasteiger partial charge in [0.1, 0.15) is 0 Å². The van der Waals surface area contributed by atoms with E-state index in [1.165, 1.54) is 45.6 Å². The van der Waals surface area contributed by atoms with E-state index in [9.17, 15) is 4.79 Å². The van der Waals surface area contributed by atoms with Crippen LogP contribution >= 0.6 is 0 Å². The molecule has 0 spiro atoms. The van der Waals surface area contributed by atoms with Gasteiger partial charge >= 0.3 is 5.97 Å². The molecule has 0 saturated heterocycles. The number of rotatable bonds is 5. The van der Waals surface area contributed by atoms with Gasteiger partial charge < -0.3 is 10.5 Å². The molecule has 3 heteroatoms. The van der Waals surface area contributed by atoms with Crippen LogP contribution in [0.4, 0.5) is 0 Å². The first-order chi connectivity index (χ1) is 7.72. The van der Waals surface area contributed by atoms with E-state index in [4.69, 9.17) is 5.73 Å². The predicted molar refractivity (Wildman–Crippen MR) is 65.0 cm³/mol. The highest BCUT2D eigenvalue weighted by Gasteiger charge is 2.16. The van der Waals surface area contributed by atoms with Crippen LogP contribution in [0.1, 0.15) is 57.8 Å². The molecular weight excluding hydrogens is 202 g/mol. The highest BCUT2D eigenvalue weighted by atomic mass is 16.5. The fraction of sp³-hybridized carbons (Fsp3) is 0.923. The monoisotopic (exact) mass is 227 g/mol. The molecule has 1 fully saturated rings.